The first-order chi connectivity index (χ1) is 7.67. The highest BCUT2D eigenvalue weighted by atomic mass is 35.5. The maximum atomic E-state index is 13.5. The van der Waals surface area contributed by atoms with E-state index in [2.05, 4.69) is 0 Å². The summed E-state index contributed by atoms with van der Waals surface area (Å²) >= 11 is 5.82. The predicted molar refractivity (Wildman–Crippen MR) is 64.8 cm³/mol. The van der Waals surface area contributed by atoms with Crippen LogP contribution in [0.4, 0.5) is 4.39 Å². The van der Waals surface area contributed by atoms with Gasteiger partial charge in [0.25, 0.3) is 0 Å². The minimum absolute atomic E-state index is 0.247. The van der Waals surface area contributed by atoms with Crippen molar-refractivity contribution in [1.29, 1.82) is 0 Å². The quantitative estimate of drug-likeness (QED) is 0.792. The normalized spacial score (nSPS) is 11.1. The third-order valence-electron chi connectivity index (χ3n) is 2.29. The van der Waals surface area contributed by atoms with Gasteiger partial charge in [0.05, 0.1) is 0 Å². The monoisotopic (exact) mass is 245 g/mol. The highest BCUT2D eigenvalue weighted by molar-refractivity contribution is 6.30. The number of nitrogens with zero attached hydrogens (tertiary/aromatic N) is 1. The molecule has 0 bridgehead atoms. The Morgan fingerprint density at radius 3 is 2.38 bits per heavy atom. The molecule has 0 amide bonds. The highest BCUT2D eigenvalue weighted by Crippen LogP contribution is 2.16. The number of hydrogen-bond donors (Lipinski definition) is 2. The zero-order valence-corrected chi connectivity index (χ0v) is 9.88. The molecule has 1 aromatic carbocycles. The van der Waals surface area contributed by atoms with E-state index in [0.29, 0.717) is 43.3 Å². The van der Waals surface area contributed by atoms with E-state index in [1.54, 1.807) is 6.07 Å². The molecule has 0 aliphatic heterocycles. The van der Waals surface area contributed by atoms with Crippen LogP contribution in [0.3, 0.4) is 0 Å². The lowest BCUT2D eigenvalue weighted by Crippen LogP contribution is -2.33. The van der Waals surface area contributed by atoms with Gasteiger partial charge in [-0.3, -0.25) is 4.90 Å². The molecule has 16 heavy (non-hydrogen) atoms. The summed E-state index contributed by atoms with van der Waals surface area (Å²) in [7, 11) is 0. The molecule has 0 unspecified atom stereocenters. The van der Waals surface area contributed by atoms with Crippen LogP contribution in [0.25, 0.3) is 0 Å². The molecule has 0 radical (unpaired) electrons. The lowest BCUT2D eigenvalue weighted by molar-refractivity contribution is 0.276. The summed E-state index contributed by atoms with van der Waals surface area (Å²) in [6.45, 7) is 2.94. The number of benzene rings is 1. The standard InChI is InChI=1S/C11H17ClFN3/c12-10-1-2-11(13)9(7-10)8-16(5-3-14)6-4-15/h1-2,7H,3-6,8,14-15H2. The van der Waals surface area contributed by atoms with Crippen molar-refractivity contribution in [2.24, 2.45) is 11.5 Å². The molecule has 0 saturated carbocycles. The van der Waals surface area contributed by atoms with Gasteiger partial charge in [-0.15, -0.1) is 0 Å². The Hall–Kier alpha value is -0.680. The van der Waals surface area contributed by atoms with Crippen LogP contribution >= 0.6 is 11.6 Å². The van der Waals surface area contributed by atoms with Crippen LogP contribution in [-0.4, -0.2) is 31.1 Å². The van der Waals surface area contributed by atoms with E-state index < -0.39 is 0 Å². The molecule has 1 rings (SSSR count). The van der Waals surface area contributed by atoms with Crippen molar-refractivity contribution in [3.63, 3.8) is 0 Å². The van der Waals surface area contributed by atoms with Gasteiger partial charge < -0.3 is 11.5 Å². The fourth-order valence-electron chi connectivity index (χ4n) is 1.54. The average molecular weight is 246 g/mol. The molecular formula is C11H17ClFN3. The molecule has 0 aliphatic carbocycles. The van der Waals surface area contributed by atoms with Crippen molar-refractivity contribution >= 4 is 11.6 Å². The van der Waals surface area contributed by atoms with E-state index in [-0.39, 0.29) is 5.82 Å². The van der Waals surface area contributed by atoms with Gasteiger partial charge in [0, 0.05) is 43.3 Å². The predicted octanol–water partition coefficient (Wildman–Crippen LogP) is 1.20. The van der Waals surface area contributed by atoms with Gasteiger partial charge >= 0.3 is 0 Å². The molecule has 0 aromatic heterocycles. The molecule has 4 N–H and O–H groups in total. The Labute approximate surface area is 100 Å². The van der Waals surface area contributed by atoms with Gasteiger partial charge in [-0.2, -0.15) is 0 Å². The highest BCUT2D eigenvalue weighted by Gasteiger charge is 2.08. The van der Waals surface area contributed by atoms with Crippen LogP contribution in [0.2, 0.25) is 5.02 Å². The Morgan fingerprint density at radius 1 is 1.19 bits per heavy atom. The third kappa shape index (κ3) is 4.06. The van der Waals surface area contributed by atoms with E-state index >= 15 is 0 Å². The smallest absolute Gasteiger partial charge is 0.127 e. The molecule has 0 spiro atoms. The largest absolute Gasteiger partial charge is 0.329 e. The van der Waals surface area contributed by atoms with Gasteiger partial charge in [0.1, 0.15) is 5.82 Å². The van der Waals surface area contributed by atoms with Gasteiger partial charge in [-0.25, -0.2) is 4.39 Å². The van der Waals surface area contributed by atoms with Crippen LogP contribution in [-0.2, 0) is 6.54 Å². The van der Waals surface area contributed by atoms with Crippen molar-refractivity contribution < 1.29 is 4.39 Å². The average Bonchev–Trinajstić information content (AvgIpc) is 2.24. The van der Waals surface area contributed by atoms with Crippen LogP contribution in [0.15, 0.2) is 18.2 Å². The first-order valence-corrected chi connectivity index (χ1v) is 5.61. The summed E-state index contributed by atoms with van der Waals surface area (Å²) < 4.78 is 13.5. The van der Waals surface area contributed by atoms with Gasteiger partial charge in [0.15, 0.2) is 0 Å². The number of halogens is 2. The summed E-state index contributed by atoms with van der Waals surface area (Å²) in [5, 5.41) is 0.539. The number of nitrogens with two attached hydrogens (primary N) is 2. The molecule has 0 fully saturated rings. The molecule has 5 heteroatoms. The van der Waals surface area contributed by atoms with Crippen LogP contribution in [0.1, 0.15) is 5.56 Å². The molecule has 0 aliphatic rings. The molecule has 1 aromatic rings. The second-order valence-electron chi connectivity index (χ2n) is 3.59. The summed E-state index contributed by atoms with van der Waals surface area (Å²) in [5.74, 6) is -0.247. The molecule has 3 nitrogen and oxygen atoms in total. The van der Waals surface area contributed by atoms with Crippen molar-refractivity contribution in [3.05, 3.63) is 34.6 Å². The van der Waals surface area contributed by atoms with Crippen molar-refractivity contribution in [1.82, 2.24) is 4.90 Å². The first kappa shape index (κ1) is 13.4. The van der Waals surface area contributed by atoms with Gasteiger partial charge in [0.2, 0.25) is 0 Å². The maximum Gasteiger partial charge on any atom is 0.127 e. The minimum Gasteiger partial charge on any atom is -0.329 e. The fraction of sp³-hybridized carbons (Fsp3) is 0.455. The van der Waals surface area contributed by atoms with E-state index in [4.69, 9.17) is 23.1 Å². The summed E-state index contributed by atoms with van der Waals surface area (Å²) in [6.07, 6.45) is 0. The number of rotatable bonds is 6. The zero-order chi connectivity index (χ0) is 12.0. The summed E-state index contributed by atoms with van der Waals surface area (Å²) in [5.41, 5.74) is 11.5. The Kier molecular flexibility index (Phi) is 5.69. The minimum atomic E-state index is -0.247. The number of hydrogen-bond acceptors (Lipinski definition) is 3. The topological polar surface area (TPSA) is 55.3 Å². The summed E-state index contributed by atoms with van der Waals surface area (Å²) in [6, 6.07) is 4.55. The van der Waals surface area contributed by atoms with Crippen LogP contribution < -0.4 is 11.5 Å². The maximum absolute atomic E-state index is 13.5. The first-order valence-electron chi connectivity index (χ1n) is 5.23. The van der Waals surface area contributed by atoms with E-state index in [1.807, 2.05) is 4.90 Å². The van der Waals surface area contributed by atoms with Crippen molar-refractivity contribution in [2.45, 2.75) is 6.54 Å². The third-order valence-corrected chi connectivity index (χ3v) is 2.53. The Morgan fingerprint density at radius 2 is 1.81 bits per heavy atom. The Balaban J connectivity index is 2.71. The molecule has 0 heterocycles. The summed E-state index contributed by atoms with van der Waals surface area (Å²) in [4.78, 5) is 2.01. The van der Waals surface area contributed by atoms with E-state index in [0.717, 1.165) is 0 Å². The zero-order valence-electron chi connectivity index (χ0n) is 9.13. The lowest BCUT2D eigenvalue weighted by Gasteiger charge is -2.21. The second-order valence-corrected chi connectivity index (χ2v) is 4.03. The molecular weight excluding hydrogens is 229 g/mol. The van der Waals surface area contributed by atoms with Crippen molar-refractivity contribution in [3.8, 4) is 0 Å². The van der Waals surface area contributed by atoms with Crippen LogP contribution in [0, 0.1) is 5.82 Å². The fourth-order valence-corrected chi connectivity index (χ4v) is 1.74. The van der Waals surface area contributed by atoms with Gasteiger partial charge in [-0.1, -0.05) is 11.6 Å². The van der Waals surface area contributed by atoms with Crippen molar-refractivity contribution in [2.75, 3.05) is 26.2 Å². The SMILES string of the molecule is NCCN(CCN)Cc1cc(Cl)ccc1F. The van der Waals surface area contributed by atoms with E-state index in [9.17, 15) is 4.39 Å². The Bertz CT molecular complexity index is 327. The molecule has 0 atom stereocenters. The lowest BCUT2D eigenvalue weighted by atomic mass is 10.2. The molecule has 90 valence electrons. The van der Waals surface area contributed by atoms with Crippen LogP contribution in [0.5, 0.6) is 0 Å². The molecule has 0 saturated heterocycles. The second kappa shape index (κ2) is 6.81. The van der Waals surface area contributed by atoms with Gasteiger partial charge in [-0.05, 0) is 18.2 Å². The van der Waals surface area contributed by atoms with E-state index in [1.165, 1.54) is 12.1 Å².